The fourth-order valence-electron chi connectivity index (χ4n) is 2.85. The molecular formula is C20H22N2O2S. The third-order valence-corrected chi connectivity index (χ3v) is 4.54. The molecule has 0 spiro atoms. The summed E-state index contributed by atoms with van der Waals surface area (Å²) in [6.07, 6.45) is 3.01. The Morgan fingerprint density at radius 2 is 2.08 bits per heavy atom. The number of benzene rings is 2. The van der Waals surface area contributed by atoms with E-state index in [1.807, 2.05) is 35.2 Å². The summed E-state index contributed by atoms with van der Waals surface area (Å²) in [5.74, 6) is 0.494. The zero-order valence-corrected chi connectivity index (χ0v) is 15.1. The summed E-state index contributed by atoms with van der Waals surface area (Å²) >= 11 is 5.45. The quantitative estimate of drug-likeness (QED) is 0.652. The van der Waals surface area contributed by atoms with Gasteiger partial charge in [0.15, 0.2) is 5.11 Å². The first-order valence-corrected chi connectivity index (χ1v) is 9.03. The average molecular weight is 354 g/mol. The molecule has 2 aromatic carbocycles. The van der Waals surface area contributed by atoms with Crippen LogP contribution in [0.4, 0.5) is 5.69 Å². The van der Waals surface area contributed by atoms with Gasteiger partial charge in [0.1, 0.15) is 5.75 Å². The number of hydrogen-bond donors (Lipinski definition) is 1. The number of unbranched alkanes of at least 4 members (excludes halogenated alkanes) is 1. The van der Waals surface area contributed by atoms with Gasteiger partial charge in [-0.1, -0.05) is 37.6 Å². The Morgan fingerprint density at radius 3 is 2.92 bits per heavy atom. The summed E-state index contributed by atoms with van der Waals surface area (Å²) in [6.45, 7) is 3.56. The van der Waals surface area contributed by atoms with E-state index in [9.17, 15) is 4.79 Å². The van der Waals surface area contributed by atoms with E-state index in [2.05, 4.69) is 18.3 Å². The second-order valence-corrected chi connectivity index (χ2v) is 6.41. The van der Waals surface area contributed by atoms with Gasteiger partial charge in [-0.2, -0.15) is 0 Å². The largest absolute Gasteiger partial charge is 0.494 e. The zero-order valence-electron chi connectivity index (χ0n) is 14.3. The molecule has 25 heavy (non-hydrogen) atoms. The minimum atomic E-state index is -0.213. The van der Waals surface area contributed by atoms with Crippen LogP contribution < -0.4 is 15.0 Å². The molecule has 0 unspecified atom stereocenters. The molecule has 2 aromatic rings. The molecule has 0 aliphatic carbocycles. The smallest absolute Gasteiger partial charge is 0.257 e. The van der Waals surface area contributed by atoms with Gasteiger partial charge in [0.25, 0.3) is 5.91 Å². The van der Waals surface area contributed by atoms with Crippen molar-refractivity contribution in [1.29, 1.82) is 0 Å². The van der Waals surface area contributed by atoms with Crippen molar-refractivity contribution in [1.82, 2.24) is 5.32 Å². The number of ether oxygens (including phenoxy) is 1. The van der Waals surface area contributed by atoms with E-state index in [1.165, 1.54) is 5.56 Å². The van der Waals surface area contributed by atoms with Crippen molar-refractivity contribution in [3.05, 3.63) is 59.7 Å². The maximum Gasteiger partial charge on any atom is 0.257 e. The topological polar surface area (TPSA) is 41.6 Å². The van der Waals surface area contributed by atoms with Crippen LogP contribution in [-0.4, -0.2) is 24.2 Å². The highest BCUT2D eigenvalue weighted by Crippen LogP contribution is 2.27. The Balaban J connectivity index is 1.64. The molecule has 1 N–H and O–H groups in total. The lowest BCUT2D eigenvalue weighted by Gasteiger charge is -2.20. The number of nitrogens with zero attached hydrogens (tertiary/aromatic N) is 1. The van der Waals surface area contributed by atoms with E-state index in [0.29, 0.717) is 23.0 Å². The molecule has 0 saturated carbocycles. The molecule has 0 radical (unpaired) electrons. The van der Waals surface area contributed by atoms with E-state index >= 15 is 0 Å². The number of amides is 1. The third kappa shape index (κ3) is 4.17. The van der Waals surface area contributed by atoms with E-state index in [1.54, 1.807) is 12.1 Å². The summed E-state index contributed by atoms with van der Waals surface area (Å²) in [5, 5.41) is 3.27. The summed E-state index contributed by atoms with van der Waals surface area (Å²) in [6, 6.07) is 15.3. The first-order valence-electron chi connectivity index (χ1n) is 8.62. The molecule has 4 nitrogen and oxygen atoms in total. The molecule has 1 aliphatic rings. The second-order valence-electron chi connectivity index (χ2n) is 6.02. The van der Waals surface area contributed by atoms with Crippen LogP contribution in [0.1, 0.15) is 35.7 Å². The number of carbonyl (C=O) groups is 1. The van der Waals surface area contributed by atoms with Gasteiger partial charge < -0.3 is 9.64 Å². The molecule has 0 saturated heterocycles. The number of fused-ring (bicyclic) bond motifs is 1. The average Bonchev–Trinajstić information content (AvgIpc) is 3.06. The SMILES string of the molecule is CCCCOc1cccc(C(=O)NC(=S)N2CCc3ccccc32)c1. The first-order chi connectivity index (χ1) is 12.2. The van der Waals surface area contributed by atoms with Crippen LogP contribution in [0.25, 0.3) is 0 Å². The van der Waals surface area contributed by atoms with Crippen LogP contribution in [-0.2, 0) is 6.42 Å². The molecule has 130 valence electrons. The highest BCUT2D eigenvalue weighted by atomic mass is 32.1. The summed E-state index contributed by atoms with van der Waals surface area (Å²) in [7, 11) is 0. The van der Waals surface area contributed by atoms with Crippen molar-refractivity contribution in [2.75, 3.05) is 18.1 Å². The van der Waals surface area contributed by atoms with Crippen LogP contribution >= 0.6 is 12.2 Å². The second kappa shape index (κ2) is 8.12. The lowest BCUT2D eigenvalue weighted by molar-refractivity contribution is 0.0976. The van der Waals surface area contributed by atoms with E-state index in [-0.39, 0.29) is 5.91 Å². The lowest BCUT2D eigenvalue weighted by atomic mass is 10.2. The lowest BCUT2D eigenvalue weighted by Crippen LogP contribution is -2.41. The van der Waals surface area contributed by atoms with Gasteiger partial charge in [0.2, 0.25) is 0 Å². The predicted octanol–water partition coefficient (Wildman–Crippen LogP) is 3.94. The van der Waals surface area contributed by atoms with Gasteiger partial charge in [-0.05, 0) is 54.9 Å². The van der Waals surface area contributed by atoms with E-state index < -0.39 is 0 Å². The molecule has 1 heterocycles. The molecule has 1 amide bonds. The summed E-state index contributed by atoms with van der Waals surface area (Å²) in [4.78, 5) is 14.5. The third-order valence-electron chi connectivity index (χ3n) is 4.22. The van der Waals surface area contributed by atoms with E-state index in [0.717, 1.165) is 31.5 Å². The van der Waals surface area contributed by atoms with Crippen molar-refractivity contribution in [3.8, 4) is 5.75 Å². The van der Waals surface area contributed by atoms with E-state index in [4.69, 9.17) is 17.0 Å². The predicted molar refractivity (Wildman–Crippen MR) is 104 cm³/mol. The number of nitrogens with one attached hydrogen (secondary N) is 1. The molecule has 0 fully saturated rings. The minimum Gasteiger partial charge on any atom is -0.494 e. The number of rotatable bonds is 5. The Bertz CT molecular complexity index is 776. The van der Waals surface area contributed by atoms with Crippen LogP contribution in [0.2, 0.25) is 0 Å². The molecule has 3 rings (SSSR count). The number of anilines is 1. The molecule has 0 aromatic heterocycles. The molecule has 0 bridgehead atoms. The van der Waals surface area contributed by atoms with Gasteiger partial charge in [-0.15, -0.1) is 0 Å². The molecule has 5 heteroatoms. The number of hydrogen-bond acceptors (Lipinski definition) is 3. The number of thiocarbonyl (C=S) groups is 1. The maximum atomic E-state index is 12.5. The summed E-state index contributed by atoms with van der Waals surface area (Å²) < 4.78 is 5.67. The fraction of sp³-hybridized carbons (Fsp3) is 0.300. The normalized spacial score (nSPS) is 12.6. The molecule has 1 aliphatic heterocycles. The van der Waals surface area contributed by atoms with Gasteiger partial charge in [-0.25, -0.2) is 0 Å². The maximum absolute atomic E-state index is 12.5. The van der Waals surface area contributed by atoms with Gasteiger partial charge >= 0.3 is 0 Å². The minimum absolute atomic E-state index is 0.213. The van der Waals surface area contributed by atoms with Crippen molar-refractivity contribution in [2.45, 2.75) is 26.2 Å². The zero-order chi connectivity index (χ0) is 17.6. The highest BCUT2D eigenvalue weighted by molar-refractivity contribution is 7.80. The number of carbonyl (C=O) groups excluding carboxylic acids is 1. The summed E-state index contributed by atoms with van der Waals surface area (Å²) in [5.41, 5.74) is 2.87. The van der Waals surface area contributed by atoms with Crippen molar-refractivity contribution < 1.29 is 9.53 Å². The van der Waals surface area contributed by atoms with Crippen LogP contribution in [0.5, 0.6) is 5.75 Å². The Hall–Kier alpha value is -2.40. The van der Waals surface area contributed by atoms with Crippen LogP contribution in [0.15, 0.2) is 48.5 Å². The standard InChI is InChI=1S/C20H22N2O2S/c1-2-3-13-24-17-9-6-8-16(14-17)19(23)21-20(25)22-12-11-15-7-4-5-10-18(15)22/h4-10,14H,2-3,11-13H2,1H3,(H,21,23,25). The van der Waals surface area contributed by atoms with Crippen molar-refractivity contribution >= 4 is 28.9 Å². The van der Waals surface area contributed by atoms with Crippen LogP contribution in [0.3, 0.4) is 0 Å². The Labute approximate surface area is 153 Å². The Morgan fingerprint density at radius 1 is 1.24 bits per heavy atom. The van der Waals surface area contributed by atoms with Crippen molar-refractivity contribution in [2.24, 2.45) is 0 Å². The van der Waals surface area contributed by atoms with Gasteiger partial charge in [0.05, 0.1) is 6.61 Å². The molecule has 0 atom stereocenters. The fourth-order valence-corrected chi connectivity index (χ4v) is 3.13. The monoisotopic (exact) mass is 354 g/mol. The Kier molecular flexibility index (Phi) is 5.66. The van der Waals surface area contributed by atoms with Gasteiger partial charge in [0, 0.05) is 17.8 Å². The van der Waals surface area contributed by atoms with Crippen molar-refractivity contribution in [3.63, 3.8) is 0 Å². The highest BCUT2D eigenvalue weighted by Gasteiger charge is 2.23. The van der Waals surface area contributed by atoms with Gasteiger partial charge in [-0.3, -0.25) is 10.1 Å². The number of para-hydroxylation sites is 1. The molecular weight excluding hydrogens is 332 g/mol. The first kappa shape index (κ1) is 17.4. The van der Waals surface area contributed by atoms with Crippen LogP contribution in [0, 0.1) is 0 Å².